The maximum absolute atomic E-state index is 11.1. The highest BCUT2D eigenvalue weighted by Crippen LogP contribution is 2.16. The van der Waals surface area contributed by atoms with Crippen molar-refractivity contribution in [3.8, 4) is 0 Å². The van der Waals surface area contributed by atoms with Crippen LogP contribution in [0, 0.1) is 0 Å². The maximum Gasteiger partial charge on any atom is 0.706 e. The van der Waals surface area contributed by atoms with Crippen LogP contribution >= 0.6 is 0 Å². The van der Waals surface area contributed by atoms with Crippen LogP contribution in [0.2, 0.25) is 6.04 Å². The molecule has 0 atom stereocenters. The smallest absolute Gasteiger partial charge is 0.455 e. The first-order chi connectivity index (χ1) is 8.81. The summed E-state index contributed by atoms with van der Waals surface area (Å²) >= 11 is 0. The maximum atomic E-state index is 11.1. The van der Waals surface area contributed by atoms with Crippen molar-refractivity contribution in [1.29, 1.82) is 0 Å². The average molecular weight is 292 g/mol. The first-order valence-corrected chi connectivity index (χ1v) is 7.74. The molecule has 0 aromatic rings. The third-order valence-electron chi connectivity index (χ3n) is 1.83. The van der Waals surface area contributed by atoms with Gasteiger partial charge in [-0.25, -0.2) is 0 Å². The number of rotatable bonds is 8. The van der Waals surface area contributed by atoms with Gasteiger partial charge in [0.1, 0.15) is 0 Å². The zero-order valence-corrected chi connectivity index (χ0v) is 12.4. The summed E-state index contributed by atoms with van der Waals surface area (Å²) in [5.74, 6) is -2.02. The highest BCUT2D eigenvalue weighted by atomic mass is 28.4. The molecule has 0 aromatic carbocycles. The highest BCUT2D eigenvalue weighted by molar-refractivity contribution is 6.65. The second-order valence-electron chi connectivity index (χ2n) is 3.75. The zero-order valence-electron chi connectivity index (χ0n) is 11.4. The Labute approximate surface area is 112 Å². The van der Waals surface area contributed by atoms with Gasteiger partial charge in [-0.05, 0) is 0 Å². The van der Waals surface area contributed by atoms with Crippen molar-refractivity contribution in [3.05, 3.63) is 0 Å². The molecule has 0 heterocycles. The van der Waals surface area contributed by atoms with Gasteiger partial charge in [-0.1, -0.05) is 0 Å². The summed E-state index contributed by atoms with van der Waals surface area (Å²) in [7, 11) is -3.69. The number of nitrogens with two attached hydrogens (primary N) is 1. The molecule has 9 heteroatoms. The SMILES string of the molecule is CC(=O)O[Si](CCNCCN)(OC(C)=O)OC(C)=O. The third kappa shape index (κ3) is 8.29. The predicted octanol–water partition coefficient (Wildman–Crippen LogP) is -0.837. The predicted molar refractivity (Wildman–Crippen MR) is 67.8 cm³/mol. The average Bonchev–Trinajstić information content (AvgIpc) is 2.21. The summed E-state index contributed by atoms with van der Waals surface area (Å²) in [6, 6.07) is 0.103. The molecule has 0 radical (unpaired) electrons. The molecule has 110 valence electrons. The van der Waals surface area contributed by atoms with Crippen LogP contribution in [0.4, 0.5) is 0 Å². The molecule has 3 N–H and O–H groups in total. The van der Waals surface area contributed by atoms with Crippen LogP contribution in [0.1, 0.15) is 20.8 Å². The lowest BCUT2D eigenvalue weighted by Crippen LogP contribution is -2.51. The second-order valence-corrected chi connectivity index (χ2v) is 6.23. The van der Waals surface area contributed by atoms with Gasteiger partial charge in [0.2, 0.25) is 0 Å². The minimum atomic E-state index is -3.69. The van der Waals surface area contributed by atoms with E-state index in [9.17, 15) is 14.4 Å². The largest absolute Gasteiger partial charge is 0.706 e. The van der Waals surface area contributed by atoms with E-state index in [0.717, 1.165) is 20.8 Å². The van der Waals surface area contributed by atoms with Gasteiger partial charge in [0, 0.05) is 40.4 Å². The Hall–Kier alpha value is -1.45. The van der Waals surface area contributed by atoms with E-state index in [-0.39, 0.29) is 6.04 Å². The molecule has 0 fully saturated rings. The number of hydrogen-bond acceptors (Lipinski definition) is 8. The van der Waals surface area contributed by atoms with E-state index in [1.807, 2.05) is 0 Å². The number of hydrogen-bond donors (Lipinski definition) is 2. The van der Waals surface area contributed by atoms with Gasteiger partial charge >= 0.3 is 8.80 Å². The molecule has 0 aromatic heterocycles. The van der Waals surface area contributed by atoms with Crippen LogP contribution in [0.15, 0.2) is 0 Å². The summed E-state index contributed by atoms with van der Waals surface area (Å²) in [4.78, 5) is 33.3. The molecule has 0 unspecified atom stereocenters. The second kappa shape index (κ2) is 8.61. The van der Waals surface area contributed by atoms with E-state index in [0.29, 0.717) is 19.6 Å². The topological polar surface area (TPSA) is 117 Å². The molecular weight excluding hydrogens is 272 g/mol. The van der Waals surface area contributed by atoms with Crippen LogP contribution in [0.25, 0.3) is 0 Å². The monoisotopic (exact) mass is 292 g/mol. The van der Waals surface area contributed by atoms with Crippen molar-refractivity contribution in [3.63, 3.8) is 0 Å². The van der Waals surface area contributed by atoms with Crippen molar-refractivity contribution in [1.82, 2.24) is 5.32 Å². The van der Waals surface area contributed by atoms with E-state index in [1.165, 1.54) is 0 Å². The first kappa shape index (κ1) is 17.5. The lowest BCUT2D eigenvalue weighted by molar-refractivity contribution is -0.147. The first-order valence-electron chi connectivity index (χ1n) is 5.81. The number of carbonyl (C=O) groups excluding carboxylic acids is 3. The van der Waals surface area contributed by atoms with Crippen molar-refractivity contribution >= 4 is 26.7 Å². The number of carbonyl (C=O) groups is 3. The van der Waals surface area contributed by atoms with E-state index in [2.05, 4.69) is 5.32 Å². The Bertz CT molecular complexity index is 295. The highest BCUT2D eigenvalue weighted by Gasteiger charge is 2.51. The van der Waals surface area contributed by atoms with Crippen molar-refractivity contribution < 1.29 is 27.7 Å². The summed E-state index contributed by atoms with van der Waals surface area (Å²) in [6.45, 7) is 4.79. The Kier molecular flexibility index (Phi) is 7.96. The molecule has 0 saturated heterocycles. The lowest BCUT2D eigenvalue weighted by atomic mass is 10.6. The quantitative estimate of drug-likeness (QED) is 0.439. The Morgan fingerprint density at radius 3 is 1.68 bits per heavy atom. The van der Waals surface area contributed by atoms with Gasteiger partial charge in [0.25, 0.3) is 17.9 Å². The molecule has 0 aliphatic heterocycles. The fraction of sp³-hybridized carbons (Fsp3) is 0.700. The molecule has 8 nitrogen and oxygen atoms in total. The molecule has 0 aliphatic rings. The van der Waals surface area contributed by atoms with Crippen LogP contribution in [-0.4, -0.2) is 46.3 Å². The minimum absolute atomic E-state index is 0.103. The van der Waals surface area contributed by atoms with Gasteiger partial charge in [-0.2, -0.15) is 0 Å². The summed E-state index contributed by atoms with van der Waals surface area (Å²) in [5, 5.41) is 2.95. The summed E-state index contributed by atoms with van der Waals surface area (Å²) in [5.41, 5.74) is 5.31. The standard InChI is InChI=1S/C10H20N2O6Si/c1-8(13)16-19(17-9(2)14,18-10(3)15)7-6-12-5-4-11/h12H,4-7,11H2,1-3H3. The van der Waals surface area contributed by atoms with E-state index < -0.39 is 26.7 Å². The summed E-state index contributed by atoms with van der Waals surface area (Å²) < 4.78 is 14.9. The Morgan fingerprint density at radius 2 is 1.37 bits per heavy atom. The van der Waals surface area contributed by atoms with Gasteiger partial charge in [-0.3, -0.25) is 14.4 Å². The molecule has 0 saturated carbocycles. The van der Waals surface area contributed by atoms with Gasteiger partial charge in [0.15, 0.2) is 0 Å². The van der Waals surface area contributed by atoms with Gasteiger partial charge in [0.05, 0.1) is 6.04 Å². The van der Waals surface area contributed by atoms with E-state index in [1.54, 1.807) is 0 Å². The molecule has 0 rings (SSSR count). The third-order valence-corrected chi connectivity index (χ3v) is 4.48. The van der Waals surface area contributed by atoms with E-state index in [4.69, 9.17) is 19.0 Å². The van der Waals surface area contributed by atoms with Crippen molar-refractivity contribution in [2.75, 3.05) is 19.6 Å². The van der Waals surface area contributed by atoms with Crippen molar-refractivity contribution in [2.45, 2.75) is 26.8 Å². The van der Waals surface area contributed by atoms with Crippen LogP contribution in [0.3, 0.4) is 0 Å². The zero-order chi connectivity index (χ0) is 14.9. The Morgan fingerprint density at radius 1 is 0.947 bits per heavy atom. The number of nitrogens with one attached hydrogen (secondary N) is 1. The normalized spacial score (nSPS) is 10.7. The minimum Gasteiger partial charge on any atom is -0.455 e. The van der Waals surface area contributed by atoms with Crippen LogP contribution in [0.5, 0.6) is 0 Å². The van der Waals surface area contributed by atoms with Crippen LogP contribution in [-0.2, 0) is 27.7 Å². The Balaban J connectivity index is 4.82. The van der Waals surface area contributed by atoms with Crippen molar-refractivity contribution in [2.24, 2.45) is 5.73 Å². The lowest BCUT2D eigenvalue weighted by Gasteiger charge is -2.26. The summed E-state index contributed by atoms with van der Waals surface area (Å²) in [6.07, 6.45) is 0. The molecule has 0 bridgehead atoms. The fourth-order valence-corrected chi connectivity index (χ4v) is 3.57. The van der Waals surface area contributed by atoms with E-state index >= 15 is 0 Å². The molecular formula is C10H20N2O6Si. The molecule has 0 amide bonds. The molecule has 19 heavy (non-hydrogen) atoms. The van der Waals surface area contributed by atoms with Crippen LogP contribution < -0.4 is 11.1 Å². The molecule has 0 aliphatic carbocycles. The molecule has 0 spiro atoms. The van der Waals surface area contributed by atoms with Gasteiger partial charge in [-0.15, -0.1) is 0 Å². The fourth-order valence-electron chi connectivity index (χ4n) is 1.34. The van der Waals surface area contributed by atoms with Gasteiger partial charge < -0.3 is 24.3 Å².